The van der Waals surface area contributed by atoms with Crippen molar-refractivity contribution in [2.75, 3.05) is 24.4 Å². The van der Waals surface area contributed by atoms with Crippen LogP contribution in [0.4, 0.5) is 16.2 Å². The second-order valence-electron chi connectivity index (χ2n) is 9.57. The molecular weight excluding hydrogens is 496 g/mol. The molecule has 0 bridgehead atoms. The molecule has 5 rings (SSSR count). The van der Waals surface area contributed by atoms with Gasteiger partial charge in [-0.25, -0.2) is 9.78 Å². The molecule has 2 fully saturated rings. The highest BCUT2D eigenvalue weighted by molar-refractivity contribution is 6.00. The van der Waals surface area contributed by atoms with Gasteiger partial charge in [0.1, 0.15) is 36.3 Å². The zero-order chi connectivity index (χ0) is 26.8. The topological polar surface area (TPSA) is 178 Å². The van der Waals surface area contributed by atoms with Crippen molar-refractivity contribution < 1.29 is 39.4 Å². The molecule has 12 nitrogen and oxygen atoms in total. The summed E-state index contributed by atoms with van der Waals surface area (Å²) in [7, 11) is 1.57. The van der Waals surface area contributed by atoms with E-state index in [4.69, 9.17) is 14.2 Å². The molecule has 2 amide bonds. The quantitative estimate of drug-likeness (QED) is 0.242. The van der Waals surface area contributed by atoms with Crippen molar-refractivity contribution in [2.45, 2.75) is 62.3 Å². The Balaban J connectivity index is 1.27. The number of amides is 2. The van der Waals surface area contributed by atoms with E-state index in [0.717, 1.165) is 25.7 Å². The molecule has 0 radical (unpaired) electrons. The Kier molecular flexibility index (Phi) is 7.68. The average Bonchev–Trinajstić information content (AvgIpc) is 3.57. The van der Waals surface area contributed by atoms with Crippen molar-refractivity contribution in [1.29, 1.82) is 0 Å². The van der Waals surface area contributed by atoms with Gasteiger partial charge in [0.25, 0.3) is 0 Å². The molecular formula is C26H32N4O8. The molecule has 1 saturated heterocycles. The number of nitrogens with zero attached hydrogens (tertiary/aromatic N) is 1. The van der Waals surface area contributed by atoms with Gasteiger partial charge in [-0.2, -0.15) is 0 Å². The lowest BCUT2D eigenvalue weighted by molar-refractivity contribution is -0.233. The smallest absolute Gasteiger partial charge is 0.323 e. The Bertz CT molecular complexity index is 1280. The molecule has 1 aliphatic heterocycles. The summed E-state index contributed by atoms with van der Waals surface area (Å²) < 4.78 is 17.1. The number of ether oxygens (including phenoxy) is 3. The number of benzene rings is 2. The highest BCUT2D eigenvalue weighted by Gasteiger charge is 2.45. The average molecular weight is 529 g/mol. The number of hydrogen-bond donors (Lipinski definition) is 7. The van der Waals surface area contributed by atoms with E-state index in [1.54, 1.807) is 43.5 Å². The number of urea groups is 1. The summed E-state index contributed by atoms with van der Waals surface area (Å²) >= 11 is 0. The summed E-state index contributed by atoms with van der Waals surface area (Å²) in [5, 5.41) is 45.5. The second-order valence-corrected chi connectivity index (χ2v) is 9.57. The number of aromatic nitrogens is 2. The van der Waals surface area contributed by atoms with E-state index in [1.807, 2.05) is 0 Å². The maximum absolute atomic E-state index is 12.7. The zero-order valence-electron chi connectivity index (χ0n) is 20.8. The van der Waals surface area contributed by atoms with Crippen LogP contribution in [0.5, 0.6) is 11.5 Å². The number of aliphatic hydroxyl groups excluding tert-OH is 4. The molecule has 0 spiro atoms. The van der Waals surface area contributed by atoms with Gasteiger partial charge in [0.05, 0.1) is 30.9 Å². The van der Waals surface area contributed by atoms with Gasteiger partial charge < -0.3 is 50.3 Å². The first-order valence-electron chi connectivity index (χ1n) is 12.6. The lowest BCUT2D eigenvalue weighted by Crippen LogP contribution is -2.55. The van der Waals surface area contributed by atoms with Gasteiger partial charge >= 0.3 is 6.03 Å². The molecule has 2 aliphatic rings. The lowest BCUT2D eigenvalue weighted by atomic mass is 9.95. The van der Waals surface area contributed by atoms with Crippen LogP contribution in [0.3, 0.4) is 0 Å². The Morgan fingerprint density at radius 3 is 2.45 bits per heavy atom. The third kappa shape index (κ3) is 5.40. The van der Waals surface area contributed by atoms with Crippen LogP contribution in [0.1, 0.15) is 37.6 Å². The van der Waals surface area contributed by atoms with Crippen molar-refractivity contribution in [1.82, 2.24) is 9.97 Å². The van der Waals surface area contributed by atoms with Gasteiger partial charge in [0.2, 0.25) is 0 Å². The van der Waals surface area contributed by atoms with Crippen molar-refractivity contribution in [3.8, 4) is 11.5 Å². The Hall–Kier alpha value is -3.42. The molecule has 7 N–H and O–H groups in total. The number of carbonyl (C=O) groups excluding carboxylic acids is 1. The van der Waals surface area contributed by atoms with E-state index in [0.29, 0.717) is 33.9 Å². The zero-order valence-corrected chi connectivity index (χ0v) is 20.8. The van der Waals surface area contributed by atoms with Gasteiger partial charge in [-0.3, -0.25) is 0 Å². The first-order chi connectivity index (χ1) is 18.4. The fourth-order valence-corrected chi connectivity index (χ4v) is 4.90. The van der Waals surface area contributed by atoms with E-state index < -0.39 is 43.2 Å². The minimum absolute atomic E-state index is 0.141. The van der Waals surface area contributed by atoms with E-state index in [2.05, 4.69) is 20.6 Å². The third-order valence-electron chi connectivity index (χ3n) is 6.94. The SMILES string of the molecule is COc1ccc(NC(=O)Nc2ccc3nc([C@@H]4O[C@H](CO)[C@@H](O)[C@H](O)[C@H]4O)[nH]c3c2)cc1OC1CCCC1. The fourth-order valence-electron chi connectivity index (χ4n) is 4.90. The van der Waals surface area contributed by atoms with E-state index >= 15 is 0 Å². The van der Waals surface area contributed by atoms with Crippen LogP contribution in [0, 0.1) is 0 Å². The second kappa shape index (κ2) is 11.1. The number of H-pyrrole nitrogens is 1. The van der Waals surface area contributed by atoms with Crippen molar-refractivity contribution in [3.05, 3.63) is 42.2 Å². The van der Waals surface area contributed by atoms with Gasteiger partial charge in [-0.15, -0.1) is 0 Å². The van der Waals surface area contributed by atoms with Crippen LogP contribution in [0.15, 0.2) is 36.4 Å². The molecule has 2 aromatic carbocycles. The molecule has 1 aromatic heterocycles. The number of fused-ring (bicyclic) bond motifs is 1. The maximum Gasteiger partial charge on any atom is 0.323 e. The molecule has 1 saturated carbocycles. The predicted molar refractivity (Wildman–Crippen MR) is 137 cm³/mol. The number of anilines is 2. The van der Waals surface area contributed by atoms with Crippen molar-refractivity contribution in [3.63, 3.8) is 0 Å². The molecule has 3 aromatic rings. The molecule has 38 heavy (non-hydrogen) atoms. The number of rotatable bonds is 7. The van der Waals surface area contributed by atoms with E-state index in [-0.39, 0.29) is 11.9 Å². The number of hydrogen-bond acceptors (Lipinski definition) is 9. The molecule has 2 heterocycles. The van der Waals surface area contributed by atoms with Crippen LogP contribution in [0.2, 0.25) is 0 Å². The number of aromatic amines is 1. The molecule has 5 atom stereocenters. The normalized spacial score (nSPS) is 25.9. The minimum atomic E-state index is -1.51. The lowest BCUT2D eigenvalue weighted by Gasteiger charge is -2.39. The Labute approximate surface area is 218 Å². The maximum atomic E-state index is 12.7. The summed E-state index contributed by atoms with van der Waals surface area (Å²) in [5.41, 5.74) is 2.11. The van der Waals surface area contributed by atoms with Gasteiger partial charge in [0, 0.05) is 17.4 Å². The highest BCUT2D eigenvalue weighted by atomic mass is 16.5. The van der Waals surface area contributed by atoms with Crippen molar-refractivity contribution >= 4 is 28.4 Å². The van der Waals surface area contributed by atoms with Crippen LogP contribution >= 0.6 is 0 Å². The summed E-state index contributed by atoms with van der Waals surface area (Å²) in [5.74, 6) is 1.39. The molecule has 12 heteroatoms. The predicted octanol–water partition coefficient (Wildman–Crippen LogP) is 2.05. The van der Waals surface area contributed by atoms with Gasteiger partial charge in [0.15, 0.2) is 11.5 Å². The summed E-state index contributed by atoms with van der Waals surface area (Å²) in [4.78, 5) is 20.1. The summed E-state index contributed by atoms with van der Waals surface area (Å²) in [6.07, 6.45) is -2.15. The van der Waals surface area contributed by atoms with Crippen molar-refractivity contribution in [2.24, 2.45) is 0 Å². The standard InChI is InChI=1S/C26H32N4O8/c1-36-18-9-7-14(11-19(18)37-15-4-2-3-5-15)28-26(35)27-13-6-8-16-17(10-13)30-25(29-16)24-23(34)22(33)21(32)20(12-31)38-24/h6-11,15,20-24,31-34H,2-5,12H2,1H3,(H,29,30)(H2,27,28,35)/t20-,21-,22+,23-,24-/m1/s1. The highest BCUT2D eigenvalue weighted by Crippen LogP contribution is 2.35. The number of aliphatic hydroxyl groups is 4. The van der Waals surface area contributed by atoms with Crippen LogP contribution in [-0.4, -0.2) is 80.7 Å². The number of imidazole rings is 1. The Morgan fingerprint density at radius 1 is 1.03 bits per heavy atom. The number of carbonyl (C=O) groups is 1. The van der Waals surface area contributed by atoms with Gasteiger partial charge in [-0.1, -0.05) is 0 Å². The molecule has 0 unspecified atom stereocenters. The number of methoxy groups -OCH3 is 1. The monoisotopic (exact) mass is 528 g/mol. The Morgan fingerprint density at radius 2 is 1.74 bits per heavy atom. The summed E-state index contributed by atoms with van der Waals surface area (Å²) in [6.45, 7) is -0.534. The number of nitrogens with one attached hydrogen (secondary N) is 3. The third-order valence-corrected chi connectivity index (χ3v) is 6.94. The van der Waals surface area contributed by atoms with Crippen LogP contribution < -0.4 is 20.1 Å². The fraction of sp³-hybridized carbons (Fsp3) is 0.462. The van der Waals surface area contributed by atoms with Gasteiger partial charge in [-0.05, 0) is 56.0 Å². The minimum Gasteiger partial charge on any atom is -0.493 e. The van der Waals surface area contributed by atoms with Crippen LogP contribution in [-0.2, 0) is 4.74 Å². The first kappa shape index (κ1) is 26.2. The first-order valence-corrected chi connectivity index (χ1v) is 12.6. The largest absolute Gasteiger partial charge is 0.493 e. The van der Waals surface area contributed by atoms with Crippen LogP contribution in [0.25, 0.3) is 11.0 Å². The molecule has 1 aliphatic carbocycles. The molecule has 204 valence electrons. The summed E-state index contributed by atoms with van der Waals surface area (Å²) in [6, 6.07) is 9.76. The van der Waals surface area contributed by atoms with E-state index in [1.165, 1.54) is 0 Å². The van der Waals surface area contributed by atoms with E-state index in [9.17, 15) is 25.2 Å².